The quantitative estimate of drug-likeness (QED) is 0.263. The molecule has 126 valence electrons. The lowest BCUT2D eigenvalue weighted by Crippen LogP contribution is -2.38. The number of hydrogen-bond acceptors (Lipinski definition) is 2. The van der Waals surface area contributed by atoms with E-state index in [0.717, 1.165) is 32.1 Å². The number of nitrogens with zero attached hydrogens (tertiary/aromatic N) is 1. The number of guanidine groups is 1. The van der Waals surface area contributed by atoms with Gasteiger partial charge in [-0.2, -0.15) is 0 Å². The molecule has 0 amide bonds. The van der Waals surface area contributed by atoms with E-state index in [1.807, 2.05) is 7.05 Å². The van der Waals surface area contributed by atoms with Crippen molar-refractivity contribution in [1.29, 1.82) is 0 Å². The standard InChI is InChI=1S/C16H33N3O.HI/c1-3-12-18-16(17-2)19-13-8-5-9-14-20-15-10-6-4-7-11-15;/h15H,3-14H2,1-2H3,(H2,17,18,19);1H. The average Bonchev–Trinajstić information content (AvgIpc) is 2.50. The van der Waals surface area contributed by atoms with Crippen LogP contribution >= 0.6 is 24.0 Å². The summed E-state index contributed by atoms with van der Waals surface area (Å²) < 4.78 is 5.93. The molecule has 0 aromatic rings. The molecule has 0 bridgehead atoms. The Morgan fingerprint density at radius 2 is 1.76 bits per heavy atom. The van der Waals surface area contributed by atoms with Gasteiger partial charge in [-0.15, -0.1) is 24.0 Å². The maximum atomic E-state index is 5.93. The second-order valence-corrected chi connectivity index (χ2v) is 5.62. The van der Waals surface area contributed by atoms with Gasteiger partial charge in [0, 0.05) is 26.7 Å². The third kappa shape index (κ3) is 11.2. The molecule has 1 fully saturated rings. The molecule has 0 spiro atoms. The van der Waals surface area contributed by atoms with Crippen LogP contribution in [-0.4, -0.2) is 38.8 Å². The molecule has 0 unspecified atom stereocenters. The lowest BCUT2D eigenvalue weighted by Gasteiger charge is -2.21. The van der Waals surface area contributed by atoms with E-state index in [2.05, 4.69) is 22.5 Å². The summed E-state index contributed by atoms with van der Waals surface area (Å²) in [5, 5.41) is 6.62. The van der Waals surface area contributed by atoms with Gasteiger partial charge in [0.25, 0.3) is 0 Å². The molecule has 4 nitrogen and oxygen atoms in total. The van der Waals surface area contributed by atoms with Gasteiger partial charge in [0.05, 0.1) is 6.10 Å². The second-order valence-electron chi connectivity index (χ2n) is 5.62. The Bertz CT molecular complexity index is 256. The van der Waals surface area contributed by atoms with Gasteiger partial charge in [0.2, 0.25) is 0 Å². The van der Waals surface area contributed by atoms with Crippen molar-refractivity contribution in [3.05, 3.63) is 0 Å². The minimum Gasteiger partial charge on any atom is -0.378 e. The fraction of sp³-hybridized carbons (Fsp3) is 0.938. The van der Waals surface area contributed by atoms with Crippen LogP contribution in [0.4, 0.5) is 0 Å². The largest absolute Gasteiger partial charge is 0.378 e. The van der Waals surface area contributed by atoms with Crippen LogP contribution in [0, 0.1) is 0 Å². The summed E-state index contributed by atoms with van der Waals surface area (Å²) in [5.74, 6) is 0.922. The van der Waals surface area contributed by atoms with Gasteiger partial charge in [-0.3, -0.25) is 4.99 Å². The highest BCUT2D eigenvalue weighted by Gasteiger charge is 2.12. The van der Waals surface area contributed by atoms with Gasteiger partial charge in [0.15, 0.2) is 5.96 Å². The minimum atomic E-state index is 0. The van der Waals surface area contributed by atoms with Crippen molar-refractivity contribution >= 4 is 29.9 Å². The number of unbranched alkanes of at least 4 members (excludes halogenated alkanes) is 2. The van der Waals surface area contributed by atoms with Gasteiger partial charge < -0.3 is 15.4 Å². The summed E-state index contributed by atoms with van der Waals surface area (Å²) in [6, 6.07) is 0. The average molecular weight is 411 g/mol. The monoisotopic (exact) mass is 411 g/mol. The molecule has 0 atom stereocenters. The van der Waals surface area contributed by atoms with E-state index in [4.69, 9.17) is 4.74 Å². The zero-order valence-corrected chi connectivity index (χ0v) is 16.2. The van der Waals surface area contributed by atoms with E-state index in [-0.39, 0.29) is 24.0 Å². The second kappa shape index (κ2) is 14.9. The van der Waals surface area contributed by atoms with E-state index in [0.29, 0.717) is 6.10 Å². The zero-order valence-electron chi connectivity index (χ0n) is 13.8. The molecule has 0 aromatic carbocycles. The topological polar surface area (TPSA) is 45.7 Å². The lowest BCUT2D eigenvalue weighted by atomic mass is 9.98. The number of ether oxygens (including phenoxy) is 1. The first kappa shape index (κ1) is 21.0. The molecular formula is C16H34IN3O. The predicted octanol–water partition coefficient (Wildman–Crippen LogP) is 3.70. The van der Waals surface area contributed by atoms with Crippen molar-refractivity contribution in [2.45, 2.75) is 70.8 Å². The molecule has 1 saturated carbocycles. The van der Waals surface area contributed by atoms with Crippen LogP contribution in [-0.2, 0) is 4.74 Å². The van der Waals surface area contributed by atoms with Crippen LogP contribution in [0.1, 0.15) is 64.7 Å². The van der Waals surface area contributed by atoms with Gasteiger partial charge >= 0.3 is 0 Å². The molecule has 0 saturated heterocycles. The first-order valence-electron chi connectivity index (χ1n) is 8.43. The van der Waals surface area contributed by atoms with Crippen LogP contribution in [0.5, 0.6) is 0 Å². The van der Waals surface area contributed by atoms with E-state index < -0.39 is 0 Å². The summed E-state index contributed by atoms with van der Waals surface area (Å²) in [7, 11) is 1.82. The Kier molecular flexibility index (Phi) is 14.9. The number of aliphatic imine (C=N–C) groups is 1. The maximum absolute atomic E-state index is 5.93. The normalized spacial score (nSPS) is 16.4. The van der Waals surface area contributed by atoms with Crippen molar-refractivity contribution in [3.8, 4) is 0 Å². The van der Waals surface area contributed by atoms with E-state index in [1.165, 1.54) is 51.4 Å². The van der Waals surface area contributed by atoms with Gasteiger partial charge in [-0.25, -0.2) is 0 Å². The molecular weight excluding hydrogens is 377 g/mol. The Labute approximate surface area is 147 Å². The summed E-state index contributed by atoms with van der Waals surface area (Å²) in [6.45, 7) is 5.07. The lowest BCUT2D eigenvalue weighted by molar-refractivity contribution is 0.0264. The van der Waals surface area contributed by atoms with Crippen LogP contribution in [0.15, 0.2) is 4.99 Å². The van der Waals surface area contributed by atoms with Crippen LogP contribution < -0.4 is 10.6 Å². The molecule has 1 aliphatic rings. The first-order chi connectivity index (χ1) is 9.86. The number of halogens is 1. The van der Waals surface area contributed by atoms with E-state index in [9.17, 15) is 0 Å². The SMILES string of the molecule is CCCNC(=NC)NCCCCCOC1CCCCC1.I. The van der Waals surface area contributed by atoms with Crippen molar-refractivity contribution < 1.29 is 4.74 Å². The molecule has 5 heteroatoms. The Balaban J connectivity index is 0.00000400. The van der Waals surface area contributed by atoms with Crippen molar-refractivity contribution in [1.82, 2.24) is 10.6 Å². The molecule has 1 rings (SSSR count). The highest BCUT2D eigenvalue weighted by atomic mass is 127. The number of hydrogen-bond donors (Lipinski definition) is 2. The number of rotatable bonds is 9. The van der Waals surface area contributed by atoms with Crippen LogP contribution in [0.3, 0.4) is 0 Å². The summed E-state index contributed by atoms with van der Waals surface area (Å²) in [5.41, 5.74) is 0. The minimum absolute atomic E-state index is 0. The molecule has 0 heterocycles. The Morgan fingerprint density at radius 1 is 1.05 bits per heavy atom. The fourth-order valence-corrected chi connectivity index (χ4v) is 2.56. The number of nitrogens with one attached hydrogen (secondary N) is 2. The van der Waals surface area contributed by atoms with E-state index >= 15 is 0 Å². The van der Waals surface area contributed by atoms with Crippen molar-refractivity contribution in [2.24, 2.45) is 4.99 Å². The molecule has 1 aliphatic carbocycles. The third-order valence-electron chi connectivity index (χ3n) is 3.79. The smallest absolute Gasteiger partial charge is 0.190 e. The van der Waals surface area contributed by atoms with Crippen molar-refractivity contribution in [3.63, 3.8) is 0 Å². The molecule has 0 aliphatic heterocycles. The summed E-state index contributed by atoms with van der Waals surface area (Å²) in [4.78, 5) is 4.19. The van der Waals surface area contributed by atoms with Gasteiger partial charge in [-0.05, 0) is 38.5 Å². The van der Waals surface area contributed by atoms with Gasteiger partial charge in [0.1, 0.15) is 0 Å². The molecule has 21 heavy (non-hydrogen) atoms. The highest BCUT2D eigenvalue weighted by molar-refractivity contribution is 14.0. The Hall–Kier alpha value is -0.0400. The fourth-order valence-electron chi connectivity index (χ4n) is 2.56. The molecule has 0 aromatic heterocycles. The summed E-state index contributed by atoms with van der Waals surface area (Å²) in [6.07, 6.45) is 11.9. The molecule has 0 radical (unpaired) electrons. The van der Waals surface area contributed by atoms with Crippen LogP contribution in [0.25, 0.3) is 0 Å². The highest BCUT2D eigenvalue weighted by Crippen LogP contribution is 2.20. The van der Waals surface area contributed by atoms with Crippen molar-refractivity contribution in [2.75, 3.05) is 26.7 Å². The van der Waals surface area contributed by atoms with Gasteiger partial charge in [-0.1, -0.05) is 26.2 Å². The molecule has 2 N–H and O–H groups in total. The third-order valence-corrected chi connectivity index (χ3v) is 3.79. The Morgan fingerprint density at radius 3 is 2.43 bits per heavy atom. The van der Waals surface area contributed by atoms with E-state index in [1.54, 1.807) is 0 Å². The maximum Gasteiger partial charge on any atom is 0.190 e. The van der Waals surface area contributed by atoms with Crippen LogP contribution in [0.2, 0.25) is 0 Å². The zero-order chi connectivity index (χ0) is 14.5. The summed E-state index contributed by atoms with van der Waals surface area (Å²) >= 11 is 0. The predicted molar refractivity (Wildman–Crippen MR) is 102 cm³/mol. The first-order valence-corrected chi connectivity index (χ1v) is 8.43.